The molecular weight excluding hydrogens is 923 g/mol. The molecule has 0 aliphatic heterocycles. The maximum absolute atomic E-state index is 13.5. The highest BCUT2D eigenvalue weighted by Crippen LogP contribution is 2.26. The molecule has 0 saturated heterocycles. The van der Waals surface area contributed by atoms with Crippen molar-refractivity contribution in [1.82, 2.24) is 41.9 Å². The molecule has 24 nitrogen and oxygen atoms in total. The lowest BCUT2D eigenvalue weighted by atomic mass is 9.75. The Bertz CT molecular complexity index is 1890. The third-order valence-corrected chi connectivity index (χ3v) is 12.1. The standard InChI is InChI=1S/C40H61BN8O16S2/c1-21(2)13-31(41(64)65)49-38(60)26(14-22-7-5-4-6-8-22)47-39(61)27-16-43-23(15-44-27)19-66-67-20-28(40(62)63)48-37(59)25(46-36(58)24(42-3)10-12-33(54)55)9-11-32(53)45-17-29(51)34(56)35(57)30(52)18-50/h4-8,15-16,21,24-26,28-31,34-35,42,50-52,56-57,64-65H,9-14,17-20H2,1-3H3,(H,45,53)(H,46,58)(H,47,61)(H,48,59)(H,49,60)(H,54,55)(H,62,63)/t24-,25-,26-,28-,29-,30+,31-,34+,35+/m0/s1. The topological polar surface area (TPSA) is 400 Å². The molecular formula is C40H61BN8O16S2. The van der Waals surface area contributed by atoms with Crippen molar-refractivity contribution in [2.45, 2.75) is 113 Å². The molecule has 67 heavy (non-hydrogen) atoms. The number of hydrogen-bond acceptors (Lipinski definition) is 19. The number of aromatic nitrogens is 2. The Morgan fingerprint density at radius 3 is 1.91 bits per heavy atom. The van der Waals surface area contributed by atoms with E-state index in [2.05, 4.69) is 41.9 Å². The van der Waals surface area contributed by atoms with Gasteiger partial charge in [-0.3, -0.25) is 33.8 Å². The summed E-state index contributed by atoms with van der Waals surface area (Å²) < 4.78 is 0. The van der Waals surface area contributed by atoms with Crippen LogP contribution in [0.2, 0.25) is 0 Å². The molecule has 2 rings (SSSR count). The van der Waals surface area contributed by atoms with E-state index in [4.69, 9.17) is 10.2 Å². The van der Waals surface area contributed by atoms with Crippen LogP contribution in [-0.2, 0) is 40.9 Å². The number of benzene rings is 1. The maximum atomic E-state index is 13.5. The molecule has 1 aromatic carbocycles. The summed E-state index contributed by atoms with van der Waals surface area (Å²) in [5.74, 6) is -7.68. The maximum Gasteiger partial charge on any atom is 0.475 e. The Labute approximate surface area is 394 Å². The molecule has 5 amide bonds. The zero-order chi connectivity index (χ0) is 50.2. The fraction of sp³-hybridized carbons (Fsp3) is 0.575. The van der Waals surface area contributed by atoms with Gasteiger partial charge in [0, 0.05) is 37.3 Å². The number of carbonyl (C=O) groups is 7. The summed E-state index contributed by atoms with van der Waals surface area (Å²) >= 11 is 0. The molecule has 0 unspecified atom stereocenters. The quantitative estimate of drug-likeness (QED) is 0.0189. The minimum absolute atomic E-state index is 0.0207. The van der Waals surface area contributed by atoms with E-state index >= 15 is 0 Å². The van der Waals surface area contributed by atoms with E-state index in [1.807, 2.05) is 13.8 Å². The molecule has 9 atom stereocenters. The van der Waals surface area contributed by atoms with Gasteiger partial charge < -0.3 is 77.7 Å². The van der Waals surface area contributed by atoms with Gasteiger partial charge in [-0.15, -0.1) is 0 Å². The number of aliphatic hydroxyl groups is 5. The molecule has 1 aromatic heterocycles. The zero-order valence-electron chi connectivity index (χ0n) is 37.1. The Morgan fingerprint density at radius 2 is 1.34 bits per heavy atom. The average Bonchev–Trinajstić information content (AvgIpc) is 3.29. The number of hydrogen-bond donors (Lipinski definition) is 15. The molecule has 0 aliphatic carbocycles. The SMILES string of the molecule is CN[C@@H](CCC(=O)O)C(=O)N[C@@H](CCC(=O)NC[C@H](O)[C@@H](O)[C@H](O)[C@H](O)CO)C(=O)N[C@@H](CSSCc1cnc(C(=O)N[C@@H](Cc2ccccc2)C(=O)N[C@@H](CC(C)C)B(O)O)cn1)C(=O)O. The highest BCUT2D eigenvalue weighted by Gasteiger charge is 2.33. The van der Waals surface area contributed by atoms with Crippen LogP contribution in [0.3, 0.4) is 0 Å². The normalized spacial score (nSPS) is 15.3. The van der Waals surface area contributed by atoms with Crippen molar-refractivity contribution in [2.75, 3.05) is 26.0 Å². The molecule has 0 aliphatic rings. The predicted octanol–water partition coefficient (Wildman–Crippen LogP) is -3.92. The molecule has 372 valence electrons. The summed E-state index contributed by atoms with van der Waals surface area (Å²) in [5.41, 5.74) is 0.971. The lowest BCUT2D eigenvalue weighted by molar-refractivity contribution is -0.141. The summed E-state index contributed by atoms with van der Waals surface area (Å²) in [4.78, 5) is 97.5. The summed E-state index contributed by atoms with van der Waals surface area (Å²) in [7, 11) is 1.69. The first-order chi connectivity index (χ1) is 31.7. The number of amides is 5. The van der Waals surface area contributed by atoms with Crippen LogP contribution in [0.5, 0.6) is 0 Å². The van der Waals surface area contributed by atoms with Crippen molar-refractivity contribution >= 4 is 70.2 Å². The number of carbonyl (C=O) groups excluding carboxylic acids is 5. The van der Waals surface area contributed by atoms with Crippen molar-refractivity contribution in [1.29, 1.82) is 0 Å². The highest BCUT2D eigenvalue weighted by atomic mass is 33.1. The van der Waals surface area contributed by atoms with E-state index in [9.17, 15) is 69.1 Å². The van der Waals surface area contributed by atoms with Gasteiger partial charge in [-0.1, -0.05) is 65.8 Å². The molecule has 0 fully saturated rings. The zero-order valence-corrected chi connectivity index (χ0v) is 38.7. The van der Waals surface area contributed by atoms with Gasteiger partial charge in [-0.05, 0) is 37.8 Å². The van der Waals surface area contributed by atoms with Crippen molar-refractivity contribution in [2.24, 2.45) is 5.92 Å². The first kappa shape index (κ1) is 58.2. The minimum Gasteiger partial charge on any atom is -0.481 e. The number of likely N-dealkylation sites (N-methyl/N-ethyl adjacent to an activating group) is 1. The number of nitrogens with zero attached hydrogens (tertiary/aromatic N) is 2. The molecule has 0 saturated carbocycles. The second kappa shape index (κ2) is 30.4. The number of carboxylic acid groups (broad SMARTS) is 2. The monoisotopic (exact) mass is 984 g/mol. The van der Waals surface area contributed by atoms with Crippen molar-refractivity contribution < 1.29 is 79.4 Å². The molecule has 0 spiro atoms. The number of aliphatic hydroxyl groups excluding tert-OH is 5. The summed E-state index contributed by atoms with van der Waals surface area (Å²) in [6.45, 7) is 2.15. The first-order valence-electron chi connectivity index (χ1n) is 21.1. The summed E-state index contributed by atoms with van der Waals surface area (Å²) in [5, 5.41) is 102. The van der Waals surface area contributed by atoms with Gasteiger partial charge in [-0.25, -0.2) is 9.78 Å². The van der Waals surface area contributed by atoms with Gasteiger partial charge in [0.15, 0.2) is 0 Å². The van der Waals surface area contributed by atoms with Gasteiger partial charge in [0.1, 0.15) is 42.1 Å². The van der Waals surface area contributed by atoms with E-state index in [1.54, 1.807) is 30.3 Å². The lowest BCUT2D eigenvalue weighted by Gasteiger charge is -2.26. The van der Waals surface area contributed by atoms with E-state index in [0.29, 0.717) is 5.69 Å². The van der Waals surface area contributed by atoms with Crippen molar-refractivity contribution in [3.8, 4) is 0 Å². The molecule has 1 heterocycles. The number of carboxylic acids is 2. The van der Waals surface area contributed by atoms with Crippen LogP contribution in [0.4, 0.5) is 0 Å². The summed E-state index contributed by atoms with van der Waals surface area (Å²) in [6, 6.07) is 3.58. The van der Waals surface area contributed by atoms with Gasteiger partial charge in [0.2, 0.25) is 23.6 Å². The predicted molar refractivity (Wildman–Crippen MR) is 243 cm³/mol. The average molecular weight is 985 g/mol. The van der Waals surface area contributed by atoms with E-state index in [0.717, 1.165) is 27.2 Å². The van der Waals surface area contributed by atoms with Crippen LogP contribution in [-0.4, -0.2) is 185 Å². The van der Waals surface area contributed by atoms with Crippen LogP contribution in [0.1, 0.15) is 67.7 Å². The number of nitrogens with one attached hydrogen (secondary N) is 6. The third-order valence-electron chi connectivity index (χ3n) is 9.83. The van der Waals surface area contributed by atoms with Crippen LogP contribution in [0, 0.1) is 5.92 Å². The molecule has 0 radical (unpaired) electrons. The van der Waals surface area contributed by atoms with E-state index < -0.39 is 136 Å². The third kappa shape index (κ3) is 21.7. The van der Waals surface area contributed by atoms with Gasteiger partial charge in [0.25, 0.3) is 5.91 Å². The van der Waals surface area contributed by atoms with Crippen LogP contribution in [0.15, 0.2) is 42.7 Å². The smallest absolute Gasteiger partial charge is 0.475 e. The molecule has 0 bridgehead atoms. The van der Waals surface area contributed by atoms with Crippen molar-refractivity contribution in [3.05, 3.63) is 59.7 Å². The lowest BCUT2D eigenvalue weighted by Crippen LogP contribution is -2.55. The first-order valence-corrected chi connectivity index (χ1v) is 23.5. The van der Waals surface area contributed by atoms with Crippen LogP contribution in [0.25, 0.3) is 0 Å². The fourth-order valence-electron chi connectivity index (χ4n) is 6.03. The molecule has 2 aromatic rings. The Kier molecular flexibility index (Phi) is 26.4. The van der Waals surface area contributed by atoms with Crippen LogP contribution >= 0.6 is 21.6 Å². The summed E-state index contributed by atoms with van der Waals surface area (Å²) in [6.07, 6.45) is -6.17. The number of rotatable bonds is 32. The van der Waals surface area contributed by atoms with E-state index in [1.165, 1.54) is 19.4 Å². The molecule has 27 heteroatoms. The largest absolute Gasteiger partial charge is 0.481 e. The van der Waals surface area contributed by atoms with Crippen molar-refractivity contribution in [3.63, 3.8) is 0 Å². The van der Waals surface area contributed by atoms with Gasteiger partial charge >= 0.3 is 19.1 Å². The number of aliphatic carboxylic acids is 2. The minimum atomic E-state index is -1.97. The van der Waals surface area contributed by atoms with Gasteiger partial charge in [0.05, 0.1) is 42.8 Å². The molecule has 15 N–H and O–H groups in total. The van der Waals surface area contributed by atoms with Crippen LogP contribution < -0.4 is 31.9 Å². The second-order valence-corrected chi connectivity index (χ2v) is 18.2. The fourth-order valence-corrected chi connectivity index (χ4v) is 8.15. The van der Waals surface area contributed by atoms with E-state index in [-0.39, 0.29) is 42.4 Å². The Balaban J connectivity index is 2.08. The van der Waals surface area contributed by atoms with Gasteiger partial charge in [-0.2, -0.15) is 0 Å². The second-order valence-electron chi connectivity index (χ2n) is 15.7. The Hall–Kier alpha value is -4.97. The Morgan fingerprint density at radius 1 is 0.731 bits per heavy atom. The highest BCUT2D eigenvalue weighted by molar-refractivity contribution is 8.76.